The Morgan fingerprint density at radius 2 is 2.05 bits per heavy atom. The second kappa shape index (κ2) is 6.51. The van der Waals surface area contributed by atoms with Crippen molar-refractivity contribution in [3.05, 3.63) is 35.1 Å². The molecule has 2 rings (SSSR count). The fraction of sp³-hybridized carbons (Fsp3) is 0.533. The summed E-state index contributed by atoms with van der Waals surface area (Å²) in [6, 6.07) is 4.47. The Morgan fingerprint density at radius 1 is 1.32 bits per heavy atom. The highest BCUT2D eigenvalue weighted by atomic mass is 79.9. The molecule has 1 aromatic carbocycles. The van der Waals surface area contributed by atoms with Gasteiger partial charge >= 0.3 is 0 Å². The molecule has 2 nitrogen and oxygen atoms in total. The smallest absolute Gasteiger partial charge is 0.251 e. The van der Waals surface area contributed by atoms with Crippen LogP contribution in [0.5, 0.6) is 0 Å². The first-order valence-corrected chi connectivity index (χ1v) is 7.70. The van der Waals surface area contributed by atoms with Gasteiger partial charge in [-0.1, -0.05) is 41.3 Å². The van der Waals surface area contributed by atoms with Crippen LogP contribution >= 0.6 is 15.9 Å². The standard InChI is InChI=1S/C15H19BrFNO/c1-10-7-8-11(17)9-12(10)15(19)18-14-6-4-2-3-5-13(14)16/h7-9,13-14H,2-6H2,1H3,(H,18,19). The van der Waals surface area contributed by atoms with E-state index >= 15 is 0 Å². The molecule has 2 atom stereocenters. The molecule has 1 aliphatic carbocycles. The molecule has 1 saturated carbocycles. The largest absolute Gasteiger partial charge is 0.348 e. The maximum Gasteiger partial charge on any atom is 0.251 e. The first-order valence-electron chi connectivity index (χ1n) is 6.79. The van der Waals surface area contributed by atoms with Crippen LogP contribution in [0.25, 0.3) is 0 Å². The highest BCUT2D eigenvalue weighted by molar-refractivity contribution is 9.09. The molecule has 0 saturated heterocycles. The van der Waals surface area contributed by atoms with Crippen molar-refractivity contribution >= 4 is 21.8 Å². The summed E-state index contributed by atoms with van der Waals surface area (Å²) in [5, 5.41) is 3.04. The predicted octanol–water partition coefficient (Wildman–Crippen LogP) is 3.96. The first-order chi connectivity index (χ1) is 9.08. The number of amides is 1. The summed E-state index contributed by atoms with van der Waals surface area (Å²) < 4.78 is 13.2. The van der Waals surface area contributed by atoms with Crippen LogP contribution in [0.3, 0.4) is 0 Å². The van der Waals surface area contributed by atoms with Crippen LogP contribution in [-0.4, -0.2) is 16.8 Å². The monoisotopic (exact) mass is 327 g/mol. The number of carbonyl (C=O) groups is 1. The van der Waals surface area contributed by atoms with E-state index in [0.717, 1.165) is 24.8 Å². The summed E-state index contributed by atoms with van der Waals surface area (Å²) in [5.74, 6) is -0.541. The summed E-state index contributed by atoms with van der Waals surface area (Å²) in [7, 11) is 0. The quantitative estimate of drug-likeness (QED) is 0.646. The van der Waals surface area contributed by atoms with E-state index in [1.165, 1.54) is 25.0 Å². The van der Waals surface area contributed by atoms with Gasteiger partial charge in [-0.2, -0.15) is 0 Å². The zero-order valence-electron chi connectivity index (χ0n) is 11.1. The lowest BCUT2D eigenvalue weighted by atomic mass is 10.1. The van der Waals surface area contributed by atoms with E-state index in [9.17, 15) is 9.18 Å². The van der Waals surface area contributed by atoms with E-state index in [4.69, 9.17) is 0 Å². The molecule has 0 heterocycles. The molecule has 104 valence electrons. The lowest BCUT2D eigenvalue weighted by Gasteiger charge is -2.22. The Bertz CT molecular complexity index is 463. The molecule has 1 amide bonds. The van der Waals surface area contributed by atoms with E-state index < -0.39 is 0 Å². The number of alkyl halides is 1. The second-order valence-corrected chi connectivity index (χ2v) is 6.37. The third kappa shape index (κ3) is 3.78. The summed E-state index contributed by atoms with van der Waals surface area (Å²) in [6.45, 7) is 1.83. The minimum absolute atomic E-state index is 0.137. The Hall–Kier alpha value is -0.900. The number of halogens is 2. The Labute approximate surface area is 121 Å². The van der Waals surface area contributed by atoms with Crippen molar-refractivity contribution in [2.24, 2.45) is 0 Å². The number of hydrogen-bond donors (Lipinski definition) is 1. The molecular weight excluding hydrogens is 309 g/mol. The van der Waals surface area contributed by atoms with E-state index in [1.54, 1.807) is 6.07 Å². The third-order valence-electron chi connectivity index (χ3n) is 3.69. The van der Waals surface area contributed by atoms with Crippen molar-refractivity contribution in [1.29, 1.82) is 0 Å². The SMILES string of the molecule is Cc1ccc(F)cc1C(=O)NC1CCCCCC1Br. The van der Waals surface area contributed by atoms with Crippen molar-refractivity contribution in [2.45, 2.75) is 49.9 Å². The van der Waals surface area contributed by atoms with Crippen LogP contribution < -0.4 is 5.32 Å². The van der Waals surface area contributed by atoms with Crippen LogP contribution in [0.1, 0.15) is 48.0 Å². The van der Waals surface area contributed by atoms with Crippen molar-refractivity contribution in [2.75, 3.05) is 0 Å². The molecule has 0 radical (unpaired) electrons. The predicted molar refractivity (Wildman–Crippen MR) is 78.2 cm³/mol. The van der Waals surface area contributed by atoms with Crippen LogP contribution in [0.15, 0.2) is 18.2 Å². The molecule has 1 fully saturated rings. The van der Waals surface area contributed by atoms with Gasteiger partial charge in [0.2, 0.25) is 0 Å². The van der Waals surface area contributed by atoms with Crippen LogP contribution in [-0.2, 0) is 0 Å². The summed E-state index contributed by atoms with van der Waals surface area (Å²) >= 11 is 3.65. The second-order valence-electron chi connectivity index (χ2n) is 5.19. The lowest BCUT2D eigenvalue weighted by Crippen LogP contribution is -2.40. The van der Waals surface area contributed by atoms with Crippen molar-refractivity contribution < 1.29 is 9.18 Å². The van der Waals surface area contributed by atoms with Crippen LogP contribution in [0, 0.1) is 12.7 Å². The van der Waals surface area contributed by atoms with Gasteiger partial charge in [0.1, 0.15) is 5.82 Å². The maximum atomic E-state index is 13.2. The number of carbonyl (C=O) groups excluding carboxylic acids is 1. The minimum Gasteiger partial charge on any atom is -0.348 e. The zero-order chi connectivity index (χ0) is 13.8. The van der Waals surface area contributed by atoms with E-state index in [0.29, 0.717) is 10.4 Å². The van der Waals surface area contributed by atoms with Gasteiger partial charge in [-0.25, -0.2) is 4.39 Å². The highest BCUT2D eigenvalue weighted by Crippen LogP contribution is 2.24. The Kier molecular flexibility index (Phi) is 4.97. The van der Waals surface area contributed by atoms with Gasteiger partial charge < -0.3 is 5.32 Å². The molecular formula is C15H19BrFNO. The van der Waals surface area contributed by atoms with Gasteiger partial charge in [-0.15, -0.1) is 0 Å². The summed E-state index contributed by atoms with van der Waals surface area (Å²) in [4.78, 5) is 12.6. The first kappa shape index (κ1) is 14.5. The lowest BCUT2D eigenvalue weighted by molar-refractivity contribution is 0.0934. The van der Waals surface area contributed by atoms with Crippen molar-refractivity contribution in [3.8, 4) is 0 Å². The zero-order valence-corrected chi connectivity index (χ0v) is 12.7. The fourth-order valence-corrected chi connectivity index (χ4v) is 3.23. The summed E-state index contributed by atoms with van der Waals surface area (Å²) in [6.07, 6.45) is 5.60. The van der Waals surface area contributed by atoms with Crippen LogP contribution in [0.4, 0.5) is 4.39 Å². The van der Waals surface area contributed by atoms with E-state index in [1.807, 2.05) is 6.92 Å². The average Bonchev–Trinajstić information content (AvgIpc) is 2.58. The summed E-state index contributed by atoms with van der Waals surface area (Å²) in [5.41, 5.74) is 1.24. The number of rotatable bonds is 2. The van der Waals surface area contributed by atoms with Gasteiger partial charge in [0, 0.05) is 16.4 Å². The molecule has 0 aliphatic heterocycles. The molecule has 1 aliphatic rings. The number of aryl methyl sites for hydroxylation is 1. The van der Waals surface area contributed by atoms with Gasteiger partial charge in [0.05, 0.1) is 0 Å². The normalized spacial score (nSPS) is 23.7. The van der Waals surface area contributed by atoms with Crippen LogP contribution in [0.2, 0.25) is 0 Å². The molecule has 0 bridgehead atoms. The molecule has 1 N–H and O–H groups in total. The Balaban J connectivity index is 2.09. The average molecular weight is 328 g/mol. The molecule has 0 aromatic heterocycles. The molecule has 2 unspecified atom stereocenters. The topological polar surface area (TPSA) is 29.1 Å². The van der Waals surface area contributed by atoms with E-state index in [2.05, 4.69) is 21.2 Å². The van der Waals surface area contributed by atoms with Gasteiger partial charge in [-0.3, -0.25) is 4.79 Å². The maximum absolute atomic E-state index is 13.2. The number of nitrogens with one attached hydrogen (secondary N) is 1. The van der Waals surface area contributed by atoms with Crippen molar-refractivity contribution in [3.63, 3.8) is 0 Å². The highest BCUT2D eigenvalue weighted by Gasteiger charge is 2.23. The van der Waals surface area contributed by atoms with Gasteiger partial charge in [0.15, 0.2) is 0 Å². The molecule has 0 spiro atoms. The number of hydrogen-bond acceptors (Lipinski definition) is 1. The Morgan fingerprint density at radius 3 is 2.84 bits per heavy atom. The molecule has 19 heavy (non-hydrogen) atoms. The minimum atomic E-state index is -0.369. The van der Waals surface area contributed by atoms with Gasteiger partial charge in [-0.05, 0) is 37.5 Å². The van der Waals surface area contributed by atoms with E-state index in [-0.39, 0.29) is 17.8 Å². The molecule has 1 aromatic rings. The van der Waals surface area contributed by atoms with Crippen molar-refractivity contribution in [1.82, 2.24) is 5.32 Å². The fourth-order valence-electron chi connectivity index (χ4n) is 2.51. The number of benzene rings is 1. The van der Waals surface area contributed by atoms with Gasteiger partial charge in [0.25, 0.3) is 5.91 Å². The molecule has 4 heteroatoms. The third-order valence-corrected chi connectivity index (χ3v) is 4.79.